The summed E-state index contributed by atoms with van der Waals surface area (Å²) in [5, 5.41) is 2.74. The molecule has 0 bridgehead atoms. The Morgan fingerprint density at radius 3 is 2.10 bits per heavy atom. The first-order valence-corrected chi connectivity index (χ1v) is 21.4. The van der Waals surface area contributed by atoms with E-state index in [-0.39, 0.29) is 41.7 Å². The Balaban J connectivity index is 0.000000225. The normalized spacial score (nSPS) is 14.1. The number of ether oxygens (including phenoxy) is 3. The number of H-pyrrole nitrogens is 2. The van der Waals surface area contributed by atoms with Gasteiger partial charge in [-0.25, -0.2) is 17.6 Å². The van der Waals surface area contributed by atoms with Crippen LogP contribution in [0, 0.1) is 12.7 Å². The number of nitrogens with two attached hydrogens (primary N) is 1. The standard InChI is InChI=1S/C24H22B3N3O5.C18H14F3NO2.C8H10FNO/c1-13(23(33)30-8-9-34-12-20(30)21(28)31)35-14-6-7-15-17(10-14)22(32)29-11-18(15)16-4-2-3-5-19(16)24(25,26)27;1-10-6-11(19)2-4-13(10)16-8-22-18(23)15-7-12(3-5-14(15)16)24-9-17(20)21;1-7(9)5-3-4-6-10-8(2)11/h2-7,10-11,13,20H,8-9,12H2,1H3,(H2,28,31)(H,29,32);2-8,17H,9H2,1H3,(H,22,23);3-6H,1H2,2H3,(H,10,11)/b;;5-3+,6-4+/t13-,20-;;/m1../s1. The summed E-state index contributed by atoms with van der Waals surface area (Å²) in [5.74, 6) is -1.56. The van der Waals surface area contributed by atoms with Crippen LogP contribution in [0.15, 0.2) is 138 Å². The van der Waals surface area contributed by atoms with Crippen molar-refractivity contribution in [2.75, 3.05) is 26.4 Å². The molecule has 356 valence electrons. The Bertz CT molecular complexity index is 3070. The first-order valence-electron chi connectivity index (χ1n) is 21.4. The zero-order valence-electron chi connectivity index (χ0n) is 38.3. The van der Waals surface area contributed by atoms with Gasteiger partial charge in [-0.3, -0.25) is 24.0 Å². The van der Waals surface area contributed by atoms with Crippen LogP contribution in [0.5, 0.6) is 11.5 Å². The van der Waals surface area contributed by atoms with E-state index in [0.717, 1.165) is 16.7 Å². The zero-order chi connectivity index (χ0) is 51.3. The summed E-state index contributed by atoms with van der Waals surface area (Å²) in [6.07, 6.45) is 5.18. The maximum absolute atomic E-state index is 13.3. The Labute approximate surface area is 404 Å². The highest BCUT2D eigenvalue weighted by Gasteiger charge is 2.34. The SMILES string of the molecule is C=C(F)/C=C/C=C/NC(C)=O.Cc1cc(F)ccc1-c1c[nH]c(=O)c2cc(OCC(F)F)ccc12.[B]C([B])([B])c1ccccc1-c1c[nH]c(=O)c2cc(O[C@H](C)C(=O)N3CCOC[C@@H]3C(N)=O)ccc12. The Morgan fingerprint density at radius 1 is 0.900 bits per heavy atom. The Morgan fingerprint density at radius 2 is 1.51 bits per heavy atom. The smallest absolute Gasteiger partial charge is 0.272 e. The minimum absolute atomic E-state index is 0.0408. The van der Waals surface area contributed by atoms with Crippen molar-refractivity contribution in [3.05, 3.63) is 166 Å². The van der Waals surface area contributed by atoms with Gasteiger partial charge in [0.05, 0.1) is 47.5 Å². The molecule has 0 aliphatic carbocycles. The number of halogens is 4. The summed E-state index contributed by atoms with van der Waals surface area (Å²) in [7, 11) is 17.9. The summed E-state index contributed by atoms with van der Waals surface area (Å²) in [6.45, 7) is 7.58. The van der Waals surface area contributed by atoms with E-state index in [1.165, 1.54) is 60.5 Å². The molecule has 0 saturated carbocycles. The molecule has 3 amide bonds. The van der Waals surface area contributed by atoms with Crippen molar-refractivity contribution in [1.29, 1.82) is 0 Å². The molecule has 2 aromatic heterocycles. The number of amides is 3. The van der Waals surface area contributed by atoms with Crippen molar-refractivity contribution in [1.82, 2.24) is 20.2 Å². The number of fused-ring (bicyclic) bond motifs is 2. The number of alkyl halides is 2. The van der Waals surface area contributed by atoms with Gasteiger partial charge in [0.25, 0.3) is 23.5 Å². The number of benzene rings is 4. The van der Waals surface area contributed by atoms with Crippen LogP contribution in [-0.4, -0.2) is 101 Å². The molecule has 7 rings (SSSR count). The van der Waals surface area contributed by atoms with E-state index in [1.807, 2.05) is 12.1 Å². The second kappa shape index (κ2) is 24.1. The van der Waals surface area contributed by atoms with E-state index in [1.54, 1.807) is 68.7 Å². The fourth-order valence-corrected chi connectivity index (χ4v) is 7.24. The lowest BCUT2D eigenvalue weighted by molar-refractivity contribution is -0.152. The van der Waals surface area contributed by atoms with Crippen LogP contribution in [-0.2, 0) is 24.2 Å². The van der Waals surface area contributed by atoms with Crippen LogP contribution in [0.2, 0.25) is 0 Å². The predicted molar refractivity (Wildman–Crippen MR) is 263 cm³/mol. The molecule has 1 saturated heterocycles. The topological polar surface area (TPSA) is 186 Å². The highest BCUT2D eigenvalue weighted by molar-refractivity contribution is 6.59. The average molecular weight is 953 g/mol. The number of hydrogen-bond donors (Lipinski definition) is 4. The summed E-state index contributed by atoms with van der Waals surface area (Å²) >= 11 is 0. The number of morpholine rings is 1. The van der Waals surface area contributed by atoms with Crippen molar-refractivity contribution in [2.45, 2.75) is 44.5 Å². The van der Waals surface area contributed by atoms with Crippen LogP contribution in [0.1, 0.15) is 25.0 Å². The Hall–Kier alpha value is -7.60. The third-order valence-electron chi connectivity index (χ3n) is 10.5. The molecule has 1 aliphatic heterocycles. The molecular weight excluding hydrogens is 907 g/mol. The summed E-state index contributed by atoms with van der Waals surface area (Å²) in [6, 6.07) is 20.2. The first-order chi connectivity index (χ1) is 33.2. The Kier molecular flexibility index (Phi) is 18.4. The van der Waals surface area contributed by atoms with Crippen molar-refractivity contribution in [2.24, 2.45) is 5.73 Å². The third-order valence-corrected chi connectivity index (χ3v) is 10.5. The van der Waals surface area contributed by atoms with Crippen molar-refractivity contribution < 1.29 is 46.2 Å². The lowest BCUT2D eigenvalue weighted by atomic mass is 9.39. The molecule has 2 atom stereocenters. The van der Waals surface area contributed by atoms with Gasteiger partial charge in [0, 0.05) is 43.2 Å². The van der Waals surface area contributed by atoms with E-state index in [9.17, 15) is 41.5 Å². The van der Waals surface area contributed by atoms with Gasteiger partial charge in [-0.1, -0.05) is 48.6 Å². The quantitative estimate of drug-likeness (QED) is 0.0595. The van der Waals surface area contributed by atoms with E-state index >= 15 is 0 Å². The molecule has 20 heteroatoms. The number of aromatic nitrogens is 2. The molecule has 70 heavy (non-hydrogen) atoms. The fourth-order valence-electron chi connectivity index (χ4n) is 7.24. The van der Waals surface area contributed by atoms with Gasteiger partial charge >= 0.3 is 0 Å². The van der Waals surface area contributed by atoms with Gasteiger partial charge in [-0.2, -0.15) is 0 Å². The maximum Gasteiger partial charge on any atom is 0.272 e. The minimum Gasteiger partial charge on any atom is -0.488 e. The number of aromatic amines is 2. The maximum atomic E-state index is 13.3. The van der Waals surface area contributed by atoms with Gasteiger partial charge in [0.2, 0.25) is 11.8 Å². The molecule has 13 nitrogen and oxygen atoms in total. The number of rotatable bonds is 13. The van der Waals surface area contributed by atoms with E-state index in [2.05, 4.69) is 21.9 Å². The van der Waals surface area contributed by atoms with Gasteiger partial charge in [0.15, 0.2) is 6.10 Å². The number of carbonyl (C=O) groups is 3. The molecular formula is C50H46B3F4N5O8. The summed E-state index contributed by atoms with van der Waals surface area (Å²) < 4.78 is 65.8. The van der Waals surface area contributed by atoms with Crippen molar-refractivity contribution >= 4 is 62.8 Å². The second-order valence-corrected chi connectivity index (χ2v) is 15.8. The third kappa shape index (κ3) is 14.2. The lowest BCUT2D eigenvalue weighted by Gasteiger charge is -2.35. The van der Waals surface area contributed by atoms with Crippen molar-refractivity contribution in [3.8, 4) is 33.8 Å². The number of allylic oxidation sites excluding steroid dienone is 4. The van der Waals surface area contributed by atoms with E-state index < -0.39 is 47.9 Å². The zero-order valence-corrected chi connectivity index (χ0v) is 38.3. The predicted octanol–water partition coefficient (Wildman–Crippen LogP) is 6.25. The largest absolute Gasteiger partial charge is 0.488 e. The molecule has 5 N–H and O–H groups in total. The number of carbonyl (C=O) groups excluding carboxylic acids is 3. The average Bonchev–Trinajstić information content (AvgIpc) is 3.31. The number of nitrogens with zero attached hydrogens (tertiary/aromatic N) is 1. The number of hydrogen-bond acceptors (Lipinski definition) is 8. The van der Waals surface area contributed by atoms with Crippen LogP contribution in [0.4, 0.5) is 17.6 Å². The molecule has 1 fully saturated rings. The van der Waals surface area contributed by atoms with Crippen LogP contribution >= 0.6 is 0 Å². The number of pyridine rings is 2. The van der Waals surface area contributed by atoms with Crippen molar-refractivity contribution in [3.63, 3.8) is 0 Å². The summed E-state index contributed by atoms with van der Waals surface area (Å²) in [4.78, 5) is 66.4. The van der Waals surface area contributed by atoms with Crippen LogP contribution < -0.4 is 31.6 Å². The minimum atomic E-state index is -2.59. The molecule has 1 aliphatic rings. The molecule has 4 aromatic carbocycles. The highest BCUT2D eigenvalue weighted by Crippen LogP contribution is 2.34. The molecule has 6 radical (unpaired) electrons. The monoisotopic (exact) mass is 953 g/mol. The van der Waals surface area contributed by atoms with E-state index in [4.69, 9.17) is 43.5 Å². The molecule has 6 aromatic rings. The summed E-state index contributed by atoms with van der Waals surface area (Å²) in [5.41, 5.74) is 8.79. The molecule has 0 spiro atoms. The van der Waals surface area contributed by atoms with Gasteiger partial charge < -0.3 is 40.1 Å². The fraction of sp³-hybridized carbons (Fsp3) is 0.220. The first kappa shape index (κ1) is 53.4. The highest BCUT2D eigenvalue weighted by atomic mass is 19.3. The lowest BCUT2D eigenvalue weighted by Crippen LogP contribution is -2.57. The van der Waals surface area contributed by atoms with E-state index in [0.29, 0.717) is 50.6 Å². The number of primary amides is 1. The number of nitrogens with one attached hydrogen (secondary N) is 3. The van der Waals surface area contributed by atoms with Gasteiger partial charge in [0.1, 0.15) is 35.8 Å². The molecule has 3 heterocycles. The van der Waals surface area contributed by atoms with Gasteiger partial charge in [-0.05, 0) is 102 Å². The second-order valence-electron chi connectivity index (χ2n) is 15.8. The number of aryl methyl sites for hydroxylation is 1. The molecule has 0 unspecified atom stereocenters. The van der Waals surface area contributed by atoms with Crippen LogP contribution in [0.3, 0.4) is 0 Å². The van der Waals surface area contributed by atoms with Crippen LogP contribution in [0.25, 0.3) is 43.8 Å². The van der Waals surface area contributed by atoms with Gasteiger partial charge in [-0.15, -0.1) is 5.11 Å².